The molecule has 0 saturated carbocycles. The Labute approximate surface area is 61.9 Å². The fourth-order valence-corrected chi connectivity index (χ4v) is 0.741. The van der Waals surface area contributed by atoms with Gasteiger partial charge in [-0.3, -0.25) is 4.68 Å². The zero-order valence-electron chi connectivity index (χ0n) is 6.54. The lowest BCUT2D eigenvalue weighted by molar-refractivity contribution is 0.322. The minimum Gasteiger partial charge on any atom is -0.267 e. The van der Waals surface area contributed by atoms with Crippen molar-refractivity contribution in [2.24, 2.45) is 0 Å². The molecular weight excluding hydrogens is 124 g/mol. The molecule has 0 aromatic carbocycles. The van der Waals surface area contributed by atoms with Crippen LogP contribution in [0.5, 0.6) is 0 Å². The van der Waals surface area contributed by atoms with Crippen LogP contribution < -0.4 is 0 Å². The normalized spacial score (nSPS) is 11.9. The second kappa shape index (κ2) is 2.45. The largest absolute Gasteiger partial charge is 0.267 e. The van der Waals surface area contributed by atoms with E-state index in [9.17, 15) is 0 Å². The van der Waals surface area contributed by atoms with Crippen molar-refractivity contribution in [1.29, 1.82) is 0 Å². The quantitative estimate of drug-likeness (QED) is 0.608. The molecule has 1 rings (SSSR count). The first-order valence-electron chi connectivity index (χ1n) is 3.46. The molecule has 0 amide bonds. The van der Waals surface area contributed by atoms with Gasteiger partial charge in [0.15, 0.2) is 0 Å². The van der Waals surface area contributed by atoms with E-state index in [1.807, 2.05) is 16.9 Å². The van der Waals surface area contributed by atoms with Gasteiger partial charge in [0.05, 0.1) is 5.54 Å². The lowest BCUT2D eigenvalue weighted by Crippen LogP contribution is -2.25. The van der Waals surface area contributed by atoms with Crippen LogP contribution in [0.3, 0.4) is 0 Å². The molecule has 0 bridgehead atoms. The van der Waals surface area contributed by atoms with Crippen LogP contribution in [0.4, 0.5) is 0 Å². The van der Waals surface area contributed by atoms with Crippen molar-refractivity contribution in [3.8, 4) is 0 Å². The van der Waals surface area contributed by atoms with Gasteiger partial charge in [0.25, 0.3) is 0 Å². The minimum atomic E-state index is 0.0590. The summed E-state index contributed by atoms with van der Waals surface area (Å²) >= 11 is 0. The predicted octanol–water partition coefficient (Wildman–Crippen LogP) is 1.84. The van der Waals surface area contributed by atoms with Crippen molar-refractivity contribution >= 4 is 0 Å². The van der Waals surface area contributed by atoms with Gasteiger partial charge >= 0.3 is 0 Å². The minimum absolute atomic E-state index is 0.0590. The third-order valence-corrected chi connectivity index (χ3v) is 1.74. The Morgan fingerprint density at radius 3 is 2.70 bits per heavy atom. The highest BCUT2D eigenvalue weighted by Crippen LogP contribution is 2.16. The van der Waals surface area contributed by atoms with Crippen LogP contribution in [-0.2, 0) is 5.54 Å². The van der Waals surface area contributed by atoms with Gasteiger partial charge in [0.1, 0.15) is 0 Å². The maximum atomic E-state index is 4.14. The first-order valence-corrected chi connectivity index (χ1v) is 3.46. The molecule has 2 nitrogen and oxygen atoms in total. The topological polar surface area (TPSA) is 17.8 Å². The number of hydrogen-bond acceptors (Lipinski definition) is 1. The van der Waals surface area contributed by atoms with Crippen molar-refractivity contribution < 1.29 is 0 Å². The van der Waals surface area contributed by atoms with Gasteiger partial charge in [-0.25, -0.2) is 0 Å². The van der Waals surface area contributed by atoms with E-state index in [2.05, 4.69) is 25.9 Å². The average molecular weight is 137 g/mol. The molecule has 1 aromatic rings. The zero-order chi connectivity index (χ0) is 7.61. The SMILES string of the molecule is [CH2]CC(C)(C)n1cccn1. The Hall–Kier alpha value is -0.790. The van der Waals surface area contributed by atoms with Gasteiger partial charge in [0.2, 0.25) is 0 Å². The van der Waals surface area contributed by atoms with E-state index in [1.54, 1.807) is 6.20 Å². The first-order chi connectivity index (χ1) is 4.67. The molecule has 10 heavy (non-hydrogen) atoms. The summed E-state index contributed by atoms with van der Waals surface area (Å²) in [6.45, 7) is 8.09. The molecule has 0 aliphatic rings. The summed E-state index contributed by atoms with van der Waals surface area (Å²) in [7, 11) is 0. The van der Waals surface area contributed by atoms with Gasteiger partial charge in [0, 0.05) is 12.4 Å². The second-order valence-electron chi connectivity index (χ2n) is 3.01. The van der Waals surface area contributed by atoms with E-state index in [-0.39, 0.29) is 5.54 Å². The molecule has 1 radical (unpaired) electrons. The van der Waals surface area contributed by atoms with Crippen molar-refractivity contribution in [2.75, 3.05) is 0 Å². The number of hydrogen-bond donors (Lipinski definition) is 0. The van der Waals surface area contributed by atoms with E-state index in [4.69, 9.17) is 0 Å². The van der Waals surface area contributed by atoms with Crippen molar-refractivity contribution in [3.05, 3.63) is 25.4 Å². The van der Waals surface area contributed by atoms with Crippen LogP contribution >= 0.6 is 0 Å². The fraction of sp³-hybridized carbons (Fsp3) is 0.500. The lowest BCUT2D eigenvalue weighted by atomic mass is 10.0. The maximum Gasteiger partial charge on any atom is 0.0571 e. The highest BCUT2D eigenvalue weighted by molar-refractivity contribution is 4.86. The molecule has 0 aliphatic heterocycles. The third kappa shape index (κ3) is 1.20. The van der Waals surface area contributed by atoms with E-state index >= 15 is 0 Å². The highest BCUT2D eigenvalue weighted by atomic mass is 15.3. The van der Waals surface area contributed by atoms with Crippen LogP contribution in [0.2, 0.25) is 0 Å². The molecule has 0 atom stereocenters. The van der Waals surface area contributed by atoms with Gasteiger partial charge in [-0.15, -0.1) is 0 Å². The molecule has 1 aromatic heterocycles. The van der Waals surface area contributed by atoms with Crippen LogP contribution in [0.1, 0.15) is 20.3 Å². The van der Waals surface area contributed by atoms with E-state index in [0.29, 0.717) is 0 Å². The summed E-state index contributed by atoms with van der Waals surface area (Å²) in [5.41, 5.74) is 0.0590. The zero-order valence-corrected chi connectivity index (χ0v) is 6.54. The molecule has 0 unspecified atom stereocenters. The van der Waals surface area contributed by atoms with Crippen molar-refractivity contribution in [3.63, 3.8) is 0 Å². The van der Waals surface area contributed by atoms with Crippen molar-refractivity contribution in [2.45, 2.75) is 25.8 Å². The van der Waals surface area contributed by atoms with Gasteiger partial charge in [-0.1, -0.05) is 6.92 Å². The third-order valence-electron chi connectivity index (χ3n) is 1.74. The lowest BCUT2D eigenvalue weighted by Gasteiger charge is -2.22. The summed E-state index contributed by atoms with van der Waals surface area (Å²) in [4.78, 5) is 0. The Balaban J connectivity index is 2.85. The smallest absolute Gasteiger partial charge is 0.0571 e. The average Bonchev–Trinajstić information content (AvgIpc) is 2.38. The van der Waals surface area contributed by atoms with Gasteiger partial charge in [-0.2, -0.15) is 5.10 Å². The summed E-state index contributed by atoms with van der Waals surface area (Å²) in [5.74, 6) is 0. The summed E-state index contributed by atoms with van der Waals surface area (Å²) < 4.78 is 1.93. The summed E-state index contributed by atoms with van der Waals surface area (Å²) in [5, 5.41) is 4.14. The fourth-order valence-electron chi connectivity index (χ4n) is 0.741. The van der Waals surface area contributed by atoms with Gasteiger partial charge in [-0.05, 0) is 26.3 Å². The number of nitrogens with zero attached hydrogens (tertiary/aromatic N) is 2. The van der Waals surface area contributed by atoms with Crippen LogP contribution in [0.25, 0.3) is 0 Å². The van der Waals surface area contributed by atoms with Crippen LogP contribution in [0.15, 0.2) is 18.5 Å². The number of rotatable bonds is 2. The Morgan fingerprint density at radius 2 is 2.30 bits per heavy atom. The standard InChI is InChI=1S/C8H13N2/c1-4-8(2,3)10-7-5-6-9-10/h5-7H,1,4H2,2-3H3. The van der Waals surface area contributed by atoms with Gasteiger partial charge < -0.3 is 0 Å². The Morgan fingerprint density at radius 1 is 1.60 bits per heavy atom. The molecule has 1 heterocycles. The van der Waals surface area contributed by atoms with E-state index in [0.717, 1.165) is 6.42 Å². The molecule has 0 fully saturated rings. The molecule has 0 N–H and O–H groups in total. The summed E-state index contributed by atoms with van der Waals surface area (Å²) in [6, 6.07) is 1.93. The predicted molar refractivity (Wildman–Crippen MR) is 41.5 cm³/mol. The second-order valence-corrected chi connectivity index (χ2v) is 3.01. The highest BCUT2D eigenvalue weighted by Gasteiger charge is 2.16. The van der Waals surface area contributed by atoms with E-state index in [1.165, 1.54) is 0 Å². The van der Waals surface area contributed by atoms with Crippen LogP contribution in [-0.4, -0.2) is 9.78 Å². The molecule has 0 aliphatic carbocycles. The Kier molecular flexibility index (Phi) is 1.79. The molecule has 0 saturated heterocycles. The van der Waals surface area contributed by atoms with Crippen molar-refractivity contribution in [1.82, 2.24) is 9.78 Å². The number of aromatic nitrogens is 2. The first kappa shape index (κ1) is 7.32. The molecular formula is C8H13N2. The van der Waals surface area contributed by atoms with E-state index < -0.39 is 0 Å². The summed E-state index contributed by atoms with van der Waals surface area (Å²) in [6.07, 6.45) is 4.61. The molecule has 0 spiro atoms. The Bertz CT molecular complexity index is 187. The molecule has 55 valence electrons. The van der Waals surface area contributed by atoms with Crippen LogP contribution in [0, 0.1) is 6.92 Å². The monoisotopic (exact) mass is 137 g/mol. The maximum absolute atomic E-state index is 4.14. The molecule has 2 heteroatoms.